The summed E-state index contributed by atoms with van der Waals surface area (Å²) >= 11 is 1.70. The second-order valence-corrected chi connectivity index (χ2v) is 9.93. The average Bonchev–Trinajstić information content (AvgIpc) is 3.13. The molecule has 1 aromatic heterocycles. The maximum Gasteiger partial charge on any atom is 0.240 e. The summed E-state index contributed by atoms with van der Waals surface area (Å²) in [7, 11) is -3.62. The Bertz CT molecular complexity index is 1060. The van der Waals surface area contributed by atoms with E-state index in [1.165, 1.54) is 22.9 Å². The molecule has 5 nitrogen and oxygen atoms in total. The number of rotatable bonds is 5. The predicted octanol–water partition coefficient (Wildman–Crippen LogP) is 3.94. The second-order valence-electron chi connectivity index (χ2n) is 7.16. The first-order chi connectivity index (χ1) is 13.4. The highest BCUT2D eigenvalue weighted by Gasteiger charge is 2.24. The van der Waals surface area contributed by atoms with Gasteiger partial charge in [0, 0.05) is 19.6 Å². The third kappa shape index (κ3) is 4.04. The summed E-state index contributed by atoms with van der Waals surface area (Å²) in [4.78, 5) is 7.09. The molecule has 0 radical (unpaired) electrons. The third-order valence-corrected chi connectivity index (χ3v) is 7.69. The van der Waals surface area contributed by atoms with Crippen LogP contribution in [0.15, 0.2) is 47.4 Å². The molecule has 0 unspecified atom stereocenters. The van der Waals surface area contributed by atoms with E-state index in [0.717, 1.165) is 36.6 Å². The largest absolute Gasteiger partial charge is 0.348 e. The number of nitrogens with zero attached hydrogens (tertiary/aromatic N) is 2. The van der Waals surface area contributed by atoms with Gasteiger partial charge in [-0.25, -0.2) is 22.5 Å². The summed E-state index contributed by atoms with van der Waals surface area (Å²) in [5.74, 6) is -0.122. The van der Waals surface area contributed by atoms with E-state index in [-0.39, 0.29) is 10.8 Å². The average molecular weight is 420 g/mol. The van der Waals surface area contributed by atoms with Crippen LogP contribution in [0, 0.1) is 18.7 Å². The first kappa shape index (κ1) is 19.3. The highest BCUT2D eigenvalue weighted by atomic mass is 32.2. The van der Waals surface area contributed by atoms with Crippen molar-refractivity contribution in [3.05, 3.63) is 53.8 Å². The van der Waals surface area contributed by atoms with Crippen molar-refractivity contribution in [1.29, 1.82) is 0 Å². The maximum absolute atomic E-state index is 13.4. The van der Waals surface area contributed by atoms with E-state index >= 15 is 0 Å². The zero-order valence-electron chi connectivity index (χ0n) is 15.6. The number of fused-ring (bicyclic) bond motifs is 1. The Morgan fingerprint density at radius 3 is 2.68 bits per heavy atom. The zero-order valence-corrected chi connectivity index (χ0v) is 17.2. The number of halogens is 1. The monoisotopic (exact) mass is 419 g/mol. The fraction of sp³-hybridized carbons (Fsp3) is 0.350. The van der Waals surface area contributed by atoms with Crippen LogP contribution in [0.2, 0.25) is 0 Å². The summed E-state index contributed by atoms with van der Waals surface area (Å²) in [5, 5.41) is 1.03. The van der Waals surface area contributed by atoms with Crippen LogP contribution in [0.3, 0.4) is 0 Å². The summed E-state index contributed by atoms with van der Waals surface area (Å²) in [5.41, 5.74) is 1.35. The van der Waals surface area contributed by atoms with Gasteiger partial charge in [-0.15, -0.1) is 0 Å². The lowest BCUT2D eigenvalue weighted by Crippen LogP contribution is -2.38. The van der Waals surface area contributed by atoms with Crippen molar-refractivity contribution in [2.75, 3.05) is 24.5 Å². The molecule has 3 aromatic rings. The van der Waals surface area contributed by atoms with Crippen LogP contribution in [-0.4, -0.2) is 33.0 Å². The van der Waals surface area contributed by atoms with Crippen molar-refractivity contribution in [3.8, 4) is 0 Å². The molecule has 28 heavy (non-hydrogen) atoms. The SMILES string of the molecule is Cc1cc(S(=O)(=O)NCC2CCN(c3nc4ccccc4s3)CC2)ccc1F. The number of thiazole rings is 1. The fourth-order valence-corrected chi connectivity index (χ4v) is 5.64. The number of sulfonamides is 1. The van der Waals surface area contributed by atoms with Crippen LogP contribution in [0.25, 0.3) is 10.2 Å². The Labute approximate surface area is 168 Å². The summed E-state index contributed by atoms with van der Waals surface area (Å²) in [6.45, 7) is 3.68. The Kier molecular flexibility index (Phi) is 5.35. The molecule has 1 saturated heterocycles. The number of benzene rings is 2. The number of para-hydroxylation sites is 1. The summed E-state index contributed by atoms with van der Waals surface area (Å²) in [6, 6.07) is 12.0. The van der Waals surface area contributed by atoms with Gasteiger partial charge in [0.15, 0.2) is 5.13 Å². The van der Waals surface area contributed by atoms with Crippen molar-refractivity contribution in [1.82, 2.24) is 9.71 Å². The molecule has 1 fully saturated rings. The number of hydrogen-bond donors (Lipinski definition) is 1. The van der Waals surface area contributed by atoms with Gasteiger partial charge < -0.3 is 4.90 Å². The molecule has 0 saturated carbocycles. The van der Waals surface area contributed by atoms with E-state index < -0.39 is 15.8 Å². The normalized spacial score (nSPS) is 16.0. The zero-order chi connectivity index (χ0) is 19.7. The number of hydrogen-bond acceptors (Lipinski definition) is 5. The molecule has 4 rings (SSSR count). The number of aromatic nitrogens is 1. The molecule has 8 heteroatoms. The summed E-state index contributed by atoms with van der Waals surface area (Å²) < 4.78 is 42.2. The first-order valence-electron chi connectivity index (χ1n) is 9.29. The lowest BCUT2D eigenvalue weighted by Gasteiger charge is -2.31. The minimum absolute atomic E-state index is 0.110. The van der Waals surface area contributed by atoms with Crippen LogP contribution >= 0.6 is 11.3 Å². The van der Waals surface area contributed by atoms with Crippen molar-refractivity contribution in [2.24, 2.45) is 5.92 Å². The molecule has 1 N–H and O–H groups in total. The quantitative estimate of drug-likeness (QED) is 0.680. The van der Waals surface area contributed by atoms with E-state index in [2.05, 4.69) is 15.7 Å². The van der Waals surface area contributed by atoms with Gasteiger partial charge in [0.2, 0.25) is 10.0 Å². The van der Waals surface area contributed by atoms with Gasteiger partial charge in [-0.2, -0.15) is 0 Å². The molecule has 0 bridgehead atoms. The van der Waals surface area contributed by atoms with Crippen LogP contribution < -0.4 is 9.62 Å². The smallest absolute Gasteiger partial charge is 0.240 e. The van der Waals surface area contributed by atoms with Gasteiger partial charge in [-0.05, 0) is 61.6 Å². The Balaban J connectivity index is 1.34. The first-order valence-corrected chi connectivity index (χ1v) is 11.6. The van der Waals surface area contributed by atoms with E-state index in [1.54, 1.807) is 18.3 Å². The van der Waals surface area contributed by atoms with Gasteiger partial charge in [0.1, 0.15) is 5.82 Å². The van der Waals surface area contributed by atoms with Crippen LogP contribution in [-0.2, 0) is 10.0 Å². The standard InChI is InChI=1S/C20H22FN3O2S2/c1-14-12-16(6-7-17(14)21)28(25,26)22-13-15-8-10-24(11-9-15)20-23-18-4-2-3-5-19(18)27-20/h2-7,12,15,22H,8-11,13H2,1H3. The maximum atomic E-state index is 13.4. The lowest BCUT2D eigenvalue weighted by molar-refractivity contribution is 0.402. The van der Waals surface area contributed by atoms with Crippen molar-refractivity contribution >= 4 is 36.7 Å². The predicted molar refractivity (Wildman–Crippen MR) is 111 cm³/mol. The number of nitrogens with one attached hydrogen (secondary N) is 1. The molecule has 2 aromatic carbocycles. The molecular formula is C20H22FN3O2S2. The molecule has 1 aliphatic rings. The Hall–Kier alpha value is -2.03. The molecule has 148 valence electrons. The second kappa shape index (κ2) is 7.77. The number of anilines is 1. The van der Waals surface area contributed by atoms with Gasteiger partial charge in [0.25, 0.3) is 0 Å². The molecule has 0 aliphatic carbocycles. The third-order valence-electron chi connectivity index (χ3n) is 5.17. The van der Waals surface area contributed by atoms with Crippen LogP contribution in [0.1, 0.15) is 18.4 Å². The van der Waals surface area contributed by atoms with Crippen molar-refractivity contribution < 1.29 is 12.8 Å². The van der Waals surface area contributed by atoms with Gasteiger partial charge in [-0.1, -0.05) is 23.5 Å². The van der Waals surface area contributed by atoms with E-state index in [9.17, 15) is 12.8 Å². The molecule has 0 atom stereocenters. The molecule has 0 amide bonds. The van der Waals surface area contributed by atoms with Crippen LogP contribution in [0.5, 0.6) is 0 Å². The van der Waals surface area contributed by atoms with Crippen molar-refractivity contribution in [2.45, 2.75) is 24.7 Å². The van der Waals surface area contributed by atoms with E-state index in [1.807, 2.05) is 18.2 Å². The fourth-order valence-electron chi connectivity index (χ4n) is 3.42. The van der Waals surface area contributed by atoms with Gasteiger partial charge in [0.05, 0.1) is 15.1 Å². The molecule has 2 heterocycles. The van der Waals surface area contributed by atoms with Gasteiger partial charge in [-0.3, -0.25) is 0 Å². The van der Waals surface area contributed by atoms with Crippen LogP contribution in [0.4, 0.5) is 9.52 Å². The lowest BCUT2D eigenvalue weighted by atomic mass is 9.97. The minimum Gasteiger partial charge on any atom is -0.348 e. The van der Waals surface area contributed by atoms with E-state index in [4.69, 9.17) is 4.98 Å². The number of aryl methyl sites for hydroxylation is 1. The van der Waals surface area contributed by atoms with Gasteiger partial charge >= 0.3 is 0 Å². The van der Waals surface area contributed by atoms with Crippen molar-refractivity contribution in [3.63, 3.8) is 0 Å². The highest BCUT2D eigenvalue weighted by Crippen LogP contribution is 2.31. The topological polar surface area (TPSA) is 62.3 Å². The minimum atomic E-state index is -3.62. The highest BCUT2D eigenvalue weighted by molar-refractivity contribution is 7.89. The number of piperidine rings is 1. The summed E-state index contributed by atoms with van der Waals surface area (Å²) in [6.07, 6.45) is 1.81. The molecule has 1 aliphatic heterocycles. The Morgan fingerprint density at radius 1 is 1.21 bits per heavy atom. The van der Waals surface area contributed by atoms with E-state index in [0.29, 0.717) is 12.1 Å². The Morgan fingerprint density at radius 2 is 1.96 bits per heavy atom. The molecule has 0 spiro atoms. The molecular weight excluding hydrogens is 397 g/mol.